The summed E-state index contributed by atoms with van der Waals surface area (Å²) in [6.07, 6.45) is 0.00946. The summed E-state index contributed by atoms with van der Waals surface area (Å²) in [5, 5.41) is 87.8. The first-order chi connectivity index (χ1) is 41.5. The molecule has 1 aromatic rings. The minimum atomic E-state index is -1.76. The van der Waals surface area contributed by atoms with Gasteiger partial charge in [0.15, 0.2) is 5.96 Å². The van der Waals surface area contributed by atoms with Crippen LogP contribution in [0.4, 0.5) is 0 Å². The Morgan fingerprint density at radius 1 is 0.432 bits per heavy atom. The van der Waals surface area contributed by atoms with Crippen LogP contribution in [0.15, 0.2) is 35.3 Å². The Hall–Kier alpha value is -9.17. The lowest BCUT2D eigenvalue weighted by molar-refractivity contribution is -0.142. The number of nitrogens with one attached hydrogen (secondary N) is 13. The molecule has 37 heteroatoms. The number of aliphatic imine (C=N–C) groups is 1. The summed E-state index contributed by atoms with van der Waals surface area (Å²) in [4.78, 5) is 183. The van der Waals surface area contributed by atoms with Crippen LogP contribution in [-0.4, -0.2) is 246 Å². The van der Waals surface area contributed by atoms with E-state index in [0.717, 1.165) is 0 Å². The molecular formula is C51H83N17O20. The quantitative estimate of drug-likeness (QED) is 0.0165. The number of aliphatic hydroxyl groups excluding tert-OH is 5. The third kappa shape index (κ3) is 28.4. The van der Waals surface area contributed by atoms with E-state index in [2.05, 4.69) is 74.1 Å². The largest absolute Gasteiger partial charge is 0.480 e. The van der Waals surface area contributed by atoms with Gasteiger partial charge in [-0.1, -0.05) is 58.0 Å². The molecule has 0 fully saturated rings. The van der Waals surface area contributed by atoms with E-state index in [1.54, 1.807) is 30.3 Å². The summed E-state index contributed by atoms with van der Waals surface area (Å²) in [5.74, 6) is -16.2. The molecule has 492 valence electrons. The lowest BCUT2D eigenvalue weighted by atomic mass is 9.99. The van der Waals surface area contributed by atoms with Gasteiger partial charge in [-0.2, -0.15) is 0 Å². The molecule has 0 bridgehead atoms. The Labute approximate surface area is 504 Å². The number of nitrogens with zero attached hydrogens (tertiary/aromatic N) is 1. The summed E-state index contributed by atoms with van der Waals surface area (Å²) < 4.78 is 0. The highest BCUT2D eigenvalue weighted by atomic mass is 16.4. The zero-order valence-corrected chi connectivity index (χ0v) is 49.1. The molecule has 0 aliphatic carbocycles. The lowest BCUT2D eigenvalue weighted by Crippen LogP contribution is -2.61. The molecule has 0 aromatic heterocycles. The van der Waals surface area contributed by atoms with Crippen molar-refractivity contribution in [2.45, 2.75) is 114 Å². The zero-order chi connectivity index (χ0) is 66.8. The molecule has 0 spiro atoms. The minimum absolute atomic E-state index is 0.0345. The Balaban J connectivity index is 2.82. The molecule has 25 N–H and O–H groups in total. The first-order valence-corrected chi connectivity index (χ1v) is 27.4. The summed E-state index contributed by atoms with van der Waals surface area (Å²) in [7, 11) is 0. The van der Waals surface area contributed by atoms with Gasteiger partial charge in [-0.15, -0.1) is 0 Å². The smallest absolute Gasteiger partial charge is 0.326 e. The normalized spacial score (nSPS) is 14.3. The Morgan fingerprint density at radius 3 is 1.25 bits per heavy atom. The van der Waals surface area contributed by atoms with Gasteiger partial charge in [0.1, 0.15) is 60.4 Å². The number of carbonyl (C=O) groups excluding carboxylic acids is 13. The summed E-state index contributed by atoms with van der Waals surface area (Å²) >= 11 is 0. The molecule has 1 rings (SSSR count). The van der Waals surface area contributed by atoms with Gasteiger partial charge < -0.3 is 117 Å². The maximum Gasteiger partial charge on any atom is 0.326 e. The van der Waals surface area contributed by atoms with Crippen LogP contribution < -0.4 is 86.3 Å². The number of aliphatic hydroxyl groups is 5. The predicted octanol–water partition coefficient (Wildman–Crippen LogP) is -12.2. The number of benzene rings is 1. The molecule has 37 nitrogen and oxygen atoms in total. The van der Waals surface area contributed by atoms with Gasteiger partial charge in [-0.05, 0) is 37.2 Å². The first-order valence-electron chi connectivity index (χ1n) is 27.4. The van der Waals surface area contributed by atoms with E-state index in [4.69, 9.17) is 17.2 Å². The van der Waals surface area contributed by atoms with E-state index in [1.807, 2.05) is 0 Å². The minimum Gasteiger partial charge on any atom is -0.480 e. The number of rotatable bonds is 40. The van der Waals surface area contributed by atoms with Crippen molar-refractivity contribution in [3.8, 4) is 0 Å². The molecule has 0 aliphatic rings. The maximum atomic E-state index is 13.6. The van der Waals surface area contributed by atoms with Gasteiger partial charge in [0, 0.05) is 13.0 Å². The van der Waals surface area contributed by atoms with E-state index >= 15 is 0 Å². The Bertz CT molecular complexity index is 2590. The van der Waals surface area contributed by atoms with Crippen LogP contribution >= 0.6 is 0 Å². The Kier molecular flexibility index (Phi) is 35.2. The fourth-order valence-corrected chi connectivity index (χ4v) is 7.41. The first kappa shape index (κ1) is 76.8. The van der Waals surface area contributed by atoms with Gasteiger partial charge in [0.25, 0.3) is 0 Å². The lowest BCUT2D eigenvalue weighted by Gasteiger charge is -2.29. The van der Waals surface area contributed by atoms with Gasteiger partial charge in [-0.3, -0.25) is 67.3 Å². The van der Waals surface area contributed by atoms with Crippen molar-refractivity contribution in [2.75, 3.05) is 65.8 Å². The highest BCUT2D eigenvalue weighted by Gasteiger charge is 2.35. The molecule has 1 aromatic carbocycles. The van der Waals surface area contributed by atoms with Crippen molar-refractivity contribution in [1.82, 2.24) is 69.1 Å². The van der Waals surface area contributed by atoms with Crippen molar-refractivity contribution in [2.24, 2.45) is 34.0 Å². The van der Waals surface area contributed by atoms with Gasteiger partial charge in [0.2, 0.25) is 76.8 Å². The molecule has 0 heterocycles. The SMILES string of the molecule is CC(C)[C@H](NC(=O)[C@H](C)NC(=O)[C@H](CO)NC(=O)CNC(=O)[C@H](CO)NC(=O)[C@H](CO)NC(=O)[C@H](Cc1ccccc1)NC(=O)CN)C(=O)N[C@H](C(=O)N[C@@H](CO)C(=O)NCC(=O)NCC(=O)N[C@@H](CO)C(=O)N[C@@H](CCCN=C(N)N)C(=O)O)C(C)C. The monoisotopic (exact) mass is 1250 g/mol. The fourth-order valence-electron chi connectivity index (χ4n) is 7.41. The molecular weight excluding hydrogens is 1170 g/mol. The Morgan fingerprint density at radius 2 is 0.807 bits per heavy atom. The highest BCUT2D eigenvalue weighted by Crippen LogP contribution is 2.09. The van der Waals surface area contributed by atoms with Crippen LogP contribution in [0.2, 0.25) is 0 Å². The van der Waals surface area contributed by atoms with Crippen molar-refractivity contribution < 1.29 is 97.8 Å². The second-order valence-electron chi connectivity index (χ2n) is 20.1. The number of hydrogen-bond donors (Lipinski definition) is 22. The molecule has 0 saturated carbocycles. The second-order valence-corrected chi connectivity index (χ2v) is 20.1. The summed E-state index contributed by atoms with van der Waals surface area (Å²) in [5.41, 5.74) is 16.5. The molecule has 0 unspecified atom stereocenters. The number of nitrogens with two attached hydrogens (primary N) is 3. The molecule has 0 saturated heterocycles. The second kappa shape index (κ2) is 40.3. The number of amides is 13. The fraction of sp³-hybridized carbons (Fsp3) is 0.588. The summed E-state index contributed by atoms with van der Waals surface area (Å²) in [6.45, 7) is -0.734. The van der Waals surface area contributed by atoms with Gasteiger partial charge >= 0.3 is 5.97 Å². The van der Waals surface area contributed by atoms with Crippen LogP contribution in [0.3, 0.4) is 0 Å². The van der Waals surface area contributed by atoms with Crippen LogP contribution in [0.5, 0.6) is 0 Å². The average molecular weight is 1250 g/mol. The van der Waals surface area contributed by atoms with Crippen LogP contribution in [-0.2, 0) is 73.5 Å². The van der Waals surface area contributed by atoms with Crippen LogP contribution in [0.25, 0.3) is 0 Å². The van der Waals surface area contributed by atoms with E-state index in [-0.39, 0.29) is 31.8 Å². The predicted molar refractivity (Wildman–Crippen MR) is 306 cm³/mol. The molecule has 0 aliphatic heterocycles. The maximum absolute atomic E-state index is 13.6. The van der Waals surface area contributed by atoms with E-state index in [0.29, 0.717) is 5.56 Å². The number of aliphatic carboxylic acids is 1. The highest BCUT2D eigenvalue weighted by molar-refractivity contribution is 5.99. The van der Waals surface area contributed by atoms with E-state index in [9.17, 15) is 97.8 Å². The average Bonchev–Trinajstić information content (AvgIpc) is 3.68. The molecule has 88 heavy (non-hydrogen) atoms. The van der Waals surface area contributed by atoms with Crippen molar-refractivity contribution in [1.29, 1.82) is 0 Å². The molecule has 13 amide bonds. The number of guanidine groups is 1. The van der Waals surface area contributed by atoms with Crippen molar-refractivity contribution in [3.63, 3.8) is 0 Å². The number of carboxylic acid groups (broad SMARTS) is 1. The number of carbonyl (C=O) groups is 14. The van der Waals surface area contributed by atoms with E-state index in [1.165, 1.54) is 34.6 Å². The van der Waals surface area contributed by atoms with Crippen molar-refractivity contribution in [3.05, 3.63) is 35.9 Å². The van der Waals surface area contributed by atoms with Crippen LogP contribution in [0.1, 0.15) is 53.0 Å². The third-order valence-electron chi connectivity index (χ3n) is 12.3. The number of hydrogen-bond acceptors (Lipinski definition) is 21. The van der Waals surface area contributed by atoms with E-state index < -0.39 is 214 Å². The topological polar surface area (TPSA) is 607 Å². The van der Waals surface area contributed by atoms with Gasteiger partial charge in [-0.25, -0.2) is 4.79 Å². The molecule has 0 radical (unpaired) electrons. The van der Waals surface area contributed by atoms with Crippen molar-refractivity contribution >= 4 is 88.7 Å². The number of carboxylic acids is 1. The van der Waals surface area contributed by atoms with Crippen LogP contribution in [0, 0.1) is 11.8 Å². The van der Waals surface area contributed by atoms with Gasteiger partial charge in [0.05, 0.1) is 59.2 Å². The summed E-state index contributed by atoms with van der Waals surface area (Å²) in [6, 6.07) is -7.06. The third-order valence-corrected chi connectivity index (χ3v) is 12.3. The standard InChI is InChI=1S/C51H83N17O20/c1-24(2)39(48(85)66-31(20-70)43(80)57-16-36(75)56-17-37(76)62-33(22-72)46(83)63-28(50(87)88)12-9-13-55-51(53)54)68-49(86)40(25(3)4)67-41(78)26(5)59-45(82)32(21-71)61-38(77)18-58-42(79)30(19-69)64-47(84)34(23-73)65-44(81)29(60-35(74)15-52)14-27-10-7-6-8-11-27/h6-8,10-11,24-26,28-34,39-40,69-73H,9,12-23,52H2,1-5H3,(H,56,75)(H,57,80)(H,58,79)(H,59,82)(H,60,74)(H,61,77)(H,62,76)(H,63,83)(H,64,84)(H,65,81)(H,66,85)(H,67,78)(H,68,86)(H,87,88)(H4,53,54,55)/t26-,28-,29-,30-,31-,32-,33-,34-,39-,40-/m0/s1. The molecule has 10 atom stereocenters. The zero-order valence-electron chi connectivity index (χ0n) is 49.1.